The van der Waals surface area contributed by atoms with Crippen LogP contribution in [0.3, 0.4) is 0 Å². The normalized spacial score (nSPS) is 14.7. The van der Waals surface area contributed by atoms with Crippen molar-refractivity contribution >= 4 is 33.7 Å². The van der Waals surface area contributed by atoms with Gasteiger partial charge in [-0.05, 0) is 42.8 Å². The van der Waals surface area contributed by atoms with Crippen molar-refractivity contribution in [3.05, 3.63) is 72.2 Å². The molecule has 5 rings (SSSR count). The number of nitrogens with zero attached hydrogens (tertiary/aromatic N) is 3. The van der Waals surface area contributed by atoms with E-state index in [0.29, 0.717) is 0 Å². The molecule has 0 bridgehead atoms. The Balaban J connectivity index is 0.000000408. The van der Waals surface area contributed by atoms with Gasteiger partial charge in [0.2, 0.25) is 0 Å². The molecule has 1 aliphatic rings. The number of piperazine rings is 1. The first-order valence-electron chi connectivity index (χ1n) is 11.4. The van der Waals surface area contributed by atoms with Gasteiger partial charge in [0.25, 0.3) is 0 Å². The van der Waals surface area contributed by atoms with Crippen LogP contribution < -0.4 is 0 Å². The van der Waals surface area contributed by atoms with Crippen molar-refractivity contribution in [1.29, 1.82) is 0 Å². The summed E-state index contributed by atoms with van der Waals surface area (Å²) in [6, 6.07) is 19.8. The van der Waals surface area contributed by atoms with E-state index in [1.165, 1.54) is 27.4 Å². The van der Waals surface area contributed by atoms with Gasteiger partial charge in [-0.2, -0.15) is 0 Å². The van der Waals surface area contributed by atoms with Crippen molar-refractivity contribution in [3.8, 4) is 0 Å². The Morgan fingerprint density at radius 1 is 0.824 bits per heavy atom. The highest BCUT2D eigenvalue weighted by Gasteiger charge is 2.18. The zero-order valence-corrected chi connectivity index (χ0v) is 19.2. The van der Waals surface area contributed by atoms with Gasteiger partial charge in [-0.3, -0.25) is 9.80 Å². The summed E-state index contributed by atoms with van der Waals surface area (Å²) in [5.41, 5.74) is 4.09. The molecule has 8 heteroatoms. The summed E-state index contributed by atoms with van der Waals surface area (Å²) < 4.78 is 7.91. The maximum atomic E-state index is 9.10. The number of rotatable bonds is 5. The summed E-state index contributed by atoms with van der Waals surface area (Å²) >= 11 is 0. The lowest BCUT2D eigenvalue weighted by atomic mass is 10.1. The fraction of sp³-hybridized carbons (Fsp3) is 0.308. The number of hydrogen-bond donors (Lipinski definition) is 2. The van der Waals surface area contributed by atoms with Crippen LogP contribution in [0, 0.1) is 0 Å². The molecular formula is C26H29N3O5. The van der Waals surface area contributed by atoms with E-state index in [9.17, 15) is 0 Å². The molecule has 2 aromatic heterocycles. The van der Waals surface area contributed by atoms with Crippen molar-refractivity contribution in [1.82, 2.24) is 14.4 Å². The van der Waals surface area contributed by atoms with Crippen LogP contribution in [0.4, 0.5) is 0 Å². The number of aryl methyl sites for hydroxylation is 1. The molecule has 0 aliphatic carbocycles. The fourth-order valence-corrected chi connectivity index (χ4v) is 4.53. The fourth-order valence-electron chi connectivity index (χ4n) is 4.53. The molecule has 8 nitrogen and oxygen atoms in total. The highest BCUT2D eigenvalue weighted by Crippen LogP contribution is 2.30. The first kappa shape index (κ1) is 23.5. The molecule has 0 saturated carbocycles. The lowest BCUT2D eigenvalue weighted by molar-refractivity contribution is -0.159. The standard InChI is InChI=1S/C24H27N3O.C2H2O4/c1-2-27-23-8-4-3-7-21(23)22-16-19(9-10-24(22)27)17-25-11-13-26(14-12-25)18-20-6-5-15-28-20;3-1(4)2(5)6/h3-10,15-16H,2,11-14,17-18H2,1H3;(H,3,4)(H,5,6). The SMILES string of the molecule is CCn1c2ccccc2c2cc(CN3CCN(Cc4ccco4)CC3)ccc21.O=C(O)C(=O)O. The molecule has 1 fully saturated rings. The molecule has 0 spiro atoms. The van der Waals surface area contributed by atoms with Crippen LogP contribution in [0.5, 0.6) is 0 Å². The maximum Gasteiger partial charge on any atom is 0.414 e. The van der Waals surface area contributed by atoms with E-state index in [2.05, 4.69) is 69.8 Å². The number of fused-ring (bicyclic) bond motifs is 3. The van der Waals surface area contributed by atoms with Crippen LogP contribution >= 0.6 is 0 Å². The number of carboxylic acid groups (broad SMARTS) is 2. The second-order valence-corrected chi connectivity index (χ2v) is 8.35. The highest BCUT2D eigenvalue weighted by molar-refractivity contribution is 6.27. The molecule has 2 aromatic carbocycles. The Kier molecular flexibility index (Phi) is 7.30. The molecule has 0 atom stereocenters. The second-order valence-electron chi connectivity index (χ2n) is 8.35. The topological polar surface area (TPSA) is 99.2 Å². The molecule has 4 aromatic rings. The summed E-state index contributed by atoms with van der Waals surface area (Å²) in [5.74, 6) is -2.59. The number of carbonyl (C=O) groups is 2. The number of aliphatic carboxylic acids is 2. The van der Waals surface area contributed by atoms with Crippen LogP contribution in [0.15, 0.2) is 65.3 Å². The number of hydrogen-bond acceptors (Lipinski definition) is 5. The lowest BCUT2D eigenvalue weighted by Crippen LogP contribution is -2.45. The Labute approximate surface area is 197 Å². The first-order valence-corrected chi connectivity index (χ1v) is 11.4. The summed E-state index contributed by atoms with van der Waals surface area (Å²) in [6.45, 7) is 9.57. The van der Waals surface area contributed by atoms with Gasteiger partial charge in [-0.15, -0.1) is 0 Å². The van der Waals surface area contributed by atoms with Gasteiger partial charge in [0.1, 0.15) is 5.76 Å². The van der Waals surface area contributed by atoms with Crippen molar-refractivity contribution in [2.75, 3.05) is 26.2 Å². The number of para-hydroxylation sites is 1. The maximum absolute atomic E-state index is 9.10. The predicted octanol–water partition coefficient (Wildman–Crippen LogP) is 3.88. The quantitative estimate of drug-likeness (QED) is 0.433. The molecule has 178 valence electrons. The van der Waals surface area contributed by atoms with Gasteiger partial charge >= 0.3 is 11.9 Å². The van der Waals surface area contributed by atoms with Crippen LogP contribution in [-0.2, 0) is 29.2 Å². The Morgan fingerprint density at radius 2 is 1.47 bits per heavy atom. The molecule has 3 heterocycles. The van der Waals surface area contributed by atoms with Crippen molar-refractivity contribution in [3.63, 3.8) is 0 Å². The van der Waals surface area contributed by atoms with E-state index in [0.717, 1.165) is 51.6 Å². The smallest absolute Gasteiger partial charge is 0.414 e. The largest absolute Gasteiger partial charge is 0.473 e. The minimum absolute atomic E-state index is 0.920. The van der Waals surface area contributed by atoms with E-state index in [1.807, 2.05) is 6.07 Å². The number of furan rings is 1. The second kappa shape index (κ2) is 10.5. The van der Waals surface area contributed by atoms with Gasteiger partial charge in [0, 0.05) is 61.1 Å². The molecule has 0 amide bonds. The zero-order chi connectivity index (χ0) is 24.1. The number of benzene rings is 2. The Bertz CT molecular complexity index is 1260. The van der Waals surface area contributed by atoms with Gasteiger partial charge in [0.05, 0.1) is 12.8 Å². The van der Waals surface area contributed by atoms with E-state index >= 15 is 0 Å². The summed E-state index contributed by atoms with van der Waals surface area (Å²) in [7, 11) is 0. The molecule has 1 aliphatic heterocycles. The van der Waals surface area contributed by atoms with E-state index in [4.69, 9.17) is 24.2 Å². The summed E-state index contributed by atoms with van der Waals surface area (Å²) in [6.07, 6.45) is 1.76. The Hall–Kier alpha value is -3.62. The molecule has 0 unspecified atom stereocenters. The highest BCUT2D eigenvalue weighted by atomic mass is 16.4. The third-order valence-electron chi connectivity index (χ3n) is 6.17. The first-order chi connectivity index (χ1) is 16.5. The van der Waals surface area contributed by atoms with Gasteiger partial charge in [0.15, 0.2) is 0 Å². The van der Waals surface area contributed by atoms with Crippen molar-refractivity contribution in [2.45, 2.75) is 26.6 Å². The summed E-state index contributed by atoms with van der Waals surface area (Å²) in [5, 5.41) is 17.5. The number of aromatic nitrogens is 1. The third-order valence-corrected chi connectivity index (χ3v) is 6.17. The predicted molar refractivity (Wildman–Crippen MR) is 130 cm³/mol. The van der Waals surface area contributed by atoms with Crippen LogP contribution in [0.2, 0.25) is 0 Å². The van der Waals surface area contributed by atoms with Gasteiger partial charge < -0.3 is 19.2 Å². The number of carboxylic acids is 2. The summed E-state index contributed by atoms with van der Waals surface area (Å²) in [4.78, 5) is 23.2. The van der Waals surface area contributed by atoms with Crippen LogP contribution in [-0.4, -0.2) is 62.7 Å². The van der Waals surface area contributed by atoms with Gasteiger partial charge in [-0.1, -0.05) is 24.3 Å². The minimum atomic E-state index is -1.82. The van der Waals surface area contributed by atoms with E-state index < -0.39 is 11.9 Å². The molecule has 0 radical (unpaired) electrons. The average molecular weight is 464 g/mol. The monoisotopic (exact) mass is 463 g/mol. The molecule has 1 saturated heterocycles. The lowest BCUT2D eigenvalue weighted by Gasteiger charge is -2.34. The zero-order valence-electron chi connectivity index (χ0n) is 19.2. The molecular weight excluding hydrogens is 434 g/mol. The van der Waals surface area contributed by atoms with Crippen LogP contribution in [0.1, 0.15) is 18.2 Å². The van der Waals surface area contributed by atoms with Crippen molar-refractivity contribution in [2.24, 2.45) is 0 Å². The van der Waals surface area contributed by atoms with E-state index in [1.54, 1.807) is 6.26 Å². The Morgan fingerprint density at radius 3 is 2.09 bits per heavy atom. The molecule has 2 N–H and O–H groups in total. The van der Waals surface area contributed by atoms with Crippen molar-refractivity contribution < 1.29 is 24.2 Å². The molecule has 34 heavy (non-hydrogen) atoms. The minimum Gasteiger partial charge on any atom is -0.473 e. The van der Waals surface area contributed by atoms with Crippen LogP contribution in [0.25, 0.3) is 21.8 Å². The van der Waals surface area contributed by atoms with Gasteiger partial charge in [-0.25, -0.2) is 9.59 Å². The van der Waals surface area contributed by atoms with E-state index in [-0.39, 0.29) is 0 Å². The average Bonchev–Trinajstić information content (AvgIpc) is 3.46. The third kappa shape index (κ3) is 5.30.